The van der Waals surface area contributed by atoms with E-state index < -0.39 is 17.7 Å². The molecule has 1 atom stereocenters. The summed E-state index contributed by atoms with van der Waals surface area (Å²) in [7, 11) is 0. The number of hydrogen-bond donors (Lipinski definition) is 1. The quantitative estimate of drug-likeness (QED) is 0.893. The number of benzene rings is 1. The van der Waals surface area contributed by atoms with Gasteiger partial charge in [-0.25, -0.2) is 8.78 Å². The summed E-state index contributed by atoms with van der Waals surface area (Å²) in [5.74, 6) is -1.88. The first kappa shape index (κ1) is 16.7. The van der Waals surface area contributed by atoms with Gasteiger partial charge in [0.1, 0.15) is 6.04 Å². The fourth-order valence-corrected chi connectivity index (χ4v) is 3.33. The molecule has 1 aromatic carbocycles. The number of anilines is 1. The van der Waals surface area contributed by atoms with Crippen molar-refractivity contribution in [3.8, 4) is 0 Å². The van der Waals surface area contributed by atoms with Gasteiger partial charge in [0, 0.05) is 32.6 Å². The average Bonchev–Trinajstić information content (AvgIpc) is 2.83. The Morgan fingerprint density at radius 3 is 2.75 bits per heavy atom. The summed E-state index contributed by atoms with van der Waals surface area (Å²) in [5, 5.41) is 2.74. The van der Waals surface area contributed by atoms with Crippen molar-refractivity contribution in [1.29, 1.82) is 0 Å². The second-order valence-corrected chi connectivity index (χ2v) is 6.25. The molecule has 2 saturated heterocycles. The van der Waals surface area contributed by atoms with Crippen LogP contribution in [0.15, 0.2) is 18.2 Å². The predicted molar refractivity (Wildman–Crippen MR) is 85.5 cm³/mol. The number of nitrogens with zero attached hydrogens (tertiary/aromatic N) is 2. The maximum absolute atomic E-state index is 14.0. The molecule has 0 saturated carbocycles. The summed E-state index contributed by atoms with van der Waals surface area (Å²) < 4.78 is 27.4. The van der Waals surface area contributed by atoms with Crippen molar-refractivity contribution in [2.45, 2.75) is 31.7 Å². The summed E-state index contributed by atoms with van der Waals surface area (Å²) in [5.41, 5.74) is 0.232. The molecule has 0 radical (unpaired) electrons. The Bertz CT molecular complexity index is 638. The van der Waals surface area contributed by atoms with Crippen LogP contribution in [0.1, 0.15) is 25.7 Å². The first-order valence-corrected chi connectivity index (χ1v) is 8.33. The van der Waals surface area contributed by atoms with E-state index in [9.17, 15) is 18.4 Å². The highest BCUT2D eigenvalue weighted by Gasteiger charge is 2.30. The average molecular weight is 337 g/mol. The highest BCUT2D eigenvalue weighted by atomic mass is 19.2. The second-order valence-electron chi connectivity index (χ2n) is 6.25. The van der Waals surface area contributed by atoms with Gasteiger partial charge in [-0.2, -0.15) is 0 Å². The maximum Gasteiger partial charge on any atom is 0.245 e. The minimum absolute atomic E-state index is 0.0791. The van der Waals surface area contributed by atoms with Gasteiger partial charge in [0.05, 0.1) is 5.69 Å². The van der Waals surface area contributed by atoms with Crippen molar-refractivity contribution < 1.29 is 18.4 Å². The van der Waals surface area contributed by atoms with E-state index in [2.05, 4.69) is 5.32 Å². The Hall–Kier alpha value is -2.18. The molecule has 0 spiro atoms. The van der Waals surface area contributed by atoms with Crippen molar-refractivity contribution >= 4 is 17.5 Å². The van der Waals surface area contributed by atoms with Gasteiger partial charge in [0.25, 0.3) is 0 Å². The number of rotatable bonds is 2. The Kier molecular flexibility index (Phi) is 4.97. The molecule has 1 aromatic rings. The Balaban J connectivity index is 1.65. The first-order chi connectivity index (χ1) is 11.6. The van der Waals surface area contributed by atoms with Crippen molar-refractivity contribution in [3.63, 3.8) is 0 Å². The van der Waals surface area contributed by atoms with Gasteiger partial charge in [-0.1, -0.05) is 6.07 Å². The third-order valence-corrected chi connectivity index (χ3v) is 4.61. The fourth-order valence-electron chi connectivity index (χ4n) is 3.33. The van der Waals surface area contributed by atoms with Gasteiger partial charge in [-0.05, 0) is 31.4 Å². The maximum atomic E-state index is 14.0. The van der Waals surface area contributed by atoms with Crippen molar-refractivity contribution in [1.82, 2.24) is 10.2 Å². The molecule has 2 heterocycles. The standard InChI is InChI=1S/C17H21F2N3O2/c18-12-4-1-6-14(16(12)19)21-8-3-9-22(11-10-21)17(24)13-5-2-7-15(23)20-13/h1,4,6,13H,2-3,5,7-11H2,(H,20,23). The molecule has 2 aliphatic rings. The lowest BCUT2D eigenvalue weighted by Crippen LogP contribution is -2.51. The van der Waals surface area contributed by atoms with Crippen LogP contribution >= 0.6 is 0 Å². The van der Waals surface area contributed by atoms with Crippen LogP contribution in [0.5, 0.6) is 0 Å². The summed E-state index contributed by atoms with van der Waals surface area (Å²) in [6.07, 6.45) is 2.51. The number of carbonyl (C=O) groups is 2. The van der Waals surface area contributed by atoms with E-state index in [1.165, 1.54) is 6.07 Å². The third-order valence-electron chi connectivity index (χ3n) is 4.61. The topological polar surface area (TPSA) is 52.7 Å². The van der Waals surface area contributed by atoms with Gasteiger partial charge in [-0.15, -0.1) is 0 Å². The summed E-state index contributed by atoms with van der Waals surface area (Å²) in [6.45, 7) is 1.98. The van der Waals surface area contributed by atoms with Crippen LogP contribution in [0.2, 0.25) is 0 Å². The molecule has 2 fully saturated rings. The minimum atomic E-state index is -0.866. The molecule has 130 valence electrons. The van der Waals surface area contributed by atoms with Crippen LogP contribution in [-0.4, -0.2) is 48.9 Å². The van der Waals surface area contributed by atoms with Crippen LogP contribution in [0.25, 0.3) is 0 Å². The Morgan fingerprint density at radius 1 is 1.12 bits per heavy atom. The lowest BCUT2D eigenvalue weighted by molar-refractivity contribution is -0.137. The van der Waals surface area contributed by atoms with Crippen LogP contribution in [-0.2, 0) is 9.59 Å². The minimum Gasteiger partial charge on any atom is -0.367 e. The van der Waals surface area contributed by atoms with Gasteiger partial charge in [0.2, 0.25) is 11.8 Å². The number of halogens is 2. The molecule has 0 aromatic heterocycles. The zero-order chi connectivity index (χ0) is 17.1. The Labute approximate surface area is 139 Å². The summed E-state index contributed by atoms with van der Waals surface area (Å²) in [6, 6.07) is 3.68. The van der Waals surface area contributed by atoms with E-state index >= 15 is 0 Å². The van der Waals surface area contributed by atoms with E-state index in [0.29, 0.717) is 45.4 Å². The van der Waals surface area contributed by atoms with E-state index in [1.54, 1.807) is 15.9 Å². The number of carbonyl (C=O) groups excluding carboxylic acids is 2. The normalized spacial score (nSPS) is 22.1. The number of piperidine rings is 1. The summed E-state index contributed by atoms with van der Waals surface area (Å²) >= 11 is 0. The zero-order valence-electron chi connectivity index (χ0n) is 13.4. The molecular weight excluding hydrogens is 316 g/mol. The second kappa shape index (κ2) is 7.15. The van der Waals surface area contributed by atoms with Gasteiger partial charge in [-0.3, -0.25) is 9.59 Å². The highest BCUT2D eigenvalue weighted by molar-refractivity contribution is 5.88. The van der Waals surface area contributed by atoms with E-state index in [0.717, 1.165) is 12.5 Å². The van der Waals surface area contributed by atoms with Crippen LogP contribution in [0, 0.1) is 11.6 Å². The van der Waals surface area contributed by atoms with Crippen LogP contribution in [0.3, 0.4) is 0 Å². The molecule has 2 aliphatic heterocycles. The largest absolute Gasteiger partial charge is 0.367 e. The van der Waals surface area contributed by atoms with Crippen molar-refractivity contribution in [2.24, 2.45) is 0 Å². The van der Waals surface area contributed by atoms with E-state index in [4.69, 9.17) is 0 Å². The molecule has 1 unspecified atom stereocenters. The highest BCUT2D eigenvalue weighted by Crippen LogP contribution is 2.23. The first-order valence-electron chi connectivity index (χ1n) is 8.33. The van der Waals surface area contributed by atoms with Gasteiger partial charge in [0.15, 0.2) is 11.6 Å². The molecule has 7 heteroatoms. The third kappa shape index (κ3) is 3.49. The summed E-state index contributed by atoms with van der Waals surface area (Å²) in [4.78, 5) is 27.5. The lowest BCUT2D eigenvalue weighted by atomic mass is 10.0. The van der Waals surface area contributed by atoms with Gasteiger partial charge >= 0.3 is 0 Å². The predicted octanol–water partition coefficient (Wildman–Crippen LogP) is 1.67. The molecule has 2 amide bonds. The zero-order valence-corrected chi connectivity index (χ0v) is 13.4. The van der Waals surface area contributed by atoms with Crippen molar-refractivity contribution in [3.05, 3.63) is 29.8 Å². The molecule has 0 aliphatic carbocycles. The van der Waals surface area contributed by atoms with E-state index in [-0.39, 0.29) is 17.5 Å². The fraction of sp³-hybridized carbons (Fsp3) is 0.529. The smallest absolute Gasteiger partial charge is 0.245 e. The number of amides is 2. The van der Waals surface area contributed by atoms with Crippen LogP contribution < -0.4 is 10.2 Å². The molecular formula is C17H21F2N3O2. The van der Waals surface area contributed by atoms with Crippen LogP contribution in [0.4, 0.5) is 14.5 Å². The molecule has 1 N–H and O–H groups in total. The monoisotopic (exact) mass is 337 g/mol. The molecule has 24 heavy (non-hydrogen) atoms. The van der Waals surface area contributed by atoms with Gasteiger partial charge < -0.3 is 15.1 Å². The Morgan fingerprint density at radius 2 is 1.96 bits per heavy atom. The molecule has 3 rings (SSSR count). The number of nitrogens with one attached hydrogen (secondary N) is 1. The lowest BCUT2D eigenvalue weighted by Gasteiger charge is -2.29. The van der Waals surface area contributed by atoms with Crippen molar-refractivity contribution in [2.75, 3.05) is 31.1 Å². The molecule has 0 bridgehead atoms. The SMILES string of the molecule is O=C1CCCC(C(=O)N2CCCN(c3cccc(F)c3F)CC2)N1. The van der Waals surface area contributed by atoms with E-state index in [1.807, 2.05) is 0 Å². The molecule has 5 nitrogen and oxygen atoms in total. The number of hydrogen-bond acceptors (Lipinski definition) is 3.